The Balaban J connectivity index is 1.48. The van der Waals surface area contributed by atoms with Gasteiger partial charge < -0.3 is 15.6 Å². The zero-order valence-corrected chi connectivity index (χ0v) is 17.4. The molecule has 0 saturated carbocycles. The van der Waals surface area contributed by atoms with Crippen LogP contribution in [0, 0.1) is 5.92 Å². The molecule has 0 aliphatic carbocycles. The third-order valence-corrected chi connectivity index (χ3v) is 6.23. The standard InChI is InChI=1S/C23H24N4O2S/c24-22(29)18-11-13-27(14-12-18)19(28)15-30-23-25-20(16-7-3-1-4-8-16)21(26-23)17-9-5-2-6-10-17/h1-10,18H,11-15H2,(H2,24,29)(H,25,26). The van der Waals surface area contributed by atoms with Crippen LogP contribution in [0.3, 0.4) is 0 Å². The van der Waals surface area contributed by atoms with Gasteiger partial charge in [-0.25, -0.2) is 4.98 Å². The smallest absolute Gasteiger partial charge is 0.233 e. The minimum absolute atomic E-state index is 0.0573. The molecule has 2 aromatic carbocycles. The Labute approximate surface area is 179 Å². The highest BCUT2D eigenvalue weighted by Gasteiger charge is 2.26. The van der Waals surface area contributed by atoms with E-state index in [0.717, 1.165) is 22.5 Å². The van der Waals surface area contributed by atoms with Crippen LogP contribution >= 0.6 is 11.8 Å². The number of carbonyl (C=O) groups is 2. The van der Waals surface area contributed by atoms with E-state index < -0.39 is 0 Å². The number of primary amides is 1. The molecule has 1 aromatic heterocycles. The summed E-state index contributed by atoms with van der Waals surface area (Å²) in [5.74, 6) is -0.0264. The third-order valence-electron chi connectivity index (χ3n) is 5.37. The zero-order chi connectivity index (χ0) is 20.9. The van der Waals surface area contributed by atoms with E-state index >= 15 is 0 Å². The number of nitrogens with zero attached hydrogens (tertiary/aromatic N) is 2. The summed E-state index contributed by atoms with van der Waals surface area (Å²) < 4.78 is 0. The lowest BCUT2D eigenvalue weighted by atomic mass is 9.96. The Morgan fingerprint density at radius 2 is 1.60 bits per heavy atom. The van der Waals surface area contributed by atoms with Crippen LogP contribution in [-0.2, 0) is 9.59 Å². The van der Waals surface area contributed by atoms with Gasteiger partial charge in [-0.3, -0.25) is 9.59 Å². The summed E-state index contributed by atoms with van der Waals surface area (Å²) in [6.45, 7) is 1.16. The Kier molecular flexibility index (Phi) is 6.18. The van der Waals surface area contributed by atoms with Crippen LogP contribution in [0.5, 0.6) is 0 Å². The molecule has 0 spiro atoms. The summed E-state index contributed by atoms with van der Waals surface area (Å²) in [6.07, 6.45) is 1.28. The van der Waals surface area contributed by atoms with Crippen molar-refractivity contribution in [2.75, 3.05) is 18.8 Å². The van der Waals surface area contributed by atoms with Crippen LogP contribution in [0.1, 0.15) is 12.8 Å². The number of aromatic amines is 1. The van der Waals surface area contributed by atoms with E-state index in [1.165, 1.54) is 11.8 Å². The molecule has 3 N–H and O–H groups in total. The van der Waals surface area contributed by atoms with Crippen LogP contribution in [0.2, 0.25) is 0 Å². The fraction of sp³-hybridized carbons (Fsp3) is 0.261. The zero-order valence-electron chi connectivity index (χ0n) is 16.6. The monoisotopic (exact) mass is 420 g/mol. The highest BCUT2D eigenvalue weighted by molar-refractivity contribution is 7.99. The van der Waals surface area contributed by atoms with Gasteiger partial charge in [0.2, 0.25) is 11.8 Å². The molecule has 1 aliphatic rings. The van der Waals surface area contributed by atoms with Gasteiger partial charge in [-0.2, -0.15) is 0 Å². The number of hydrogen-bond donors (Lipinski definition) is 2. The molecule has 0 bridgehead atoms. The number of imidazole rings is 1. The van der Waals surface area contributed by atoms with Crippen LogP contribution in [0.15, 0.2) is 65.8 Å². The number of benzene rings is 2. The lowest BCUT2D eigenvalue weighted by Gasteiger charge is -2.30. The van der Waals surface area contributed by atoms with E-state index in [0.29, 0.717) is 36.8 Å². The van der Waals surface area contributed by atoms with Gasteiger partial charge in [0.25, 0.3) is 0 Å². The molecule has 7 heteroatoms. The number of likely N-dealkylation sites (tertiary alicyclic amines) is 1. The Morgan fingerprint density at radius 3 is 2.20 bits per heavy atom. The summed E-state index contributed by atoms with van der Waals surface area (Å²) in [4.78, 5) is 33.9. The predicted octanol–water partition coefficient (Wildman–Crippen LogP) is 3.56. The van der Waals surface area contributed by atoms with Crippen molar-refractivity contribution in [1.29, 1.82) is 0 Å². The quantitative estimate of drug-likeness (QED) is 0.597. The van der Waals surface area contributed by atoms with E-state index in [-0.39, 0.29) is 17.7 Å². The molecule has 2 amide bonds. The summed E-state index contributed by atoms with van der Waals surface area (Å²) in [6, 6.07) is 20.1. The molecule has 3 aromatic rings. The number of hydrogen-bond acceptors (Lipinski definition) is 4. The fourth-order valence-electron chi connectivity index (χ4n) is 3.67. The average Bonchev–Trinajstić information content (AvgIpc) is 3.23. The maximum absolute atomic E-state index is 12.6. The van der Waals surface area contributed by atoms with Crippen LogP contribution in [-0.4, -0.2) is 45.5 Å². The van der Waals surface area contributed by atoms with Gasteiger partial charge in [0, 0.05) is 30.1 Å². The van der Waals surface area contributed by atoms with Crippen molar-refractivity contribution in [1.82, 2.24) is 14.9 Å². The minimum atomic E-state index is -0.269. The van der Waals surface area contributed by atoms with Crippen LogP contribution in [0.25, 0.3) is 22.5 Å². The number of nitrogens with one attached hydrogen (secondary N) is 1. The highest BCUT2D eigenvalue weighted by atomic mass is 32.2. The molecule has 1 fully saturated rings. The number of H-pyrrole nitrogens is 1. The van der Waals surface area contributed by atoms with Crippen LogP contribution in [0.4, 0.5) is 0 Å². The number of rotatable bonds is 6. The topological polar surface area (TPSA) is 92.1 Å². The van der Waals surface area contributed by atoms with E-state index in [2.05, 4.69) is 4.98 Å². The molecule has 1 aliphatic heterocycles. The number of nitrogens with two attached hydrogens (primary N) is 1. The molecular weight excluding hydrogens is 396 g/mol. The van der Waals surface area contributed by atoms with E-state index in [9.17, 15) is 9.59 Å². The van der Waals surface area contributed by atoms with E-state index in [4.69, 9.17) is 10.7 Å². The maximum Gasteiger partial charge on any atom is 0.233 e. The first-order valence-electron chi connectivity index (χ1n) is 10.0. The summed E-state index contributed by atoms with van der Waals surface area (Å²) in [7, 11) is 0. The second-order valence-electron chi connectivity index (χ2n) is 7.34. The number of carbonyl (C=O) groups excluding carboxylic acids is 2. The molecule has 154 valence electrons. The van der Waals surface area contributed by atoms with Crippen molar-refractivity contribution >= 4 is 23.6 Å². The summed E-state index contributed by atoms with van der Waals surface area (Å²) >= 11 is 1.40. The van der Waals surface area contributed by atoms with Gasteiger partial charge in [-0.15, -0.1) is 0 Å². The van der Waals surface area contributed by atoms with Crippen molar-refractivity contribution in [3.8, 4) is 22.5 Å². The molecule has 0 radical (unpaired) electrons. The lowest BCUT2D eigenvalue weighted by Crippen LogP contribution is -2.42. The maximum atomic E-state index is 12.6. The van der Waals surface area contributed by atoms with Gasteiger partial charge in [0.15, 0.2) is 5.16 Å². The first kappa shape index (κ1) is 20.2. The molecule has 2 heterocycles. The van der Waals surface area contributed by atoms with Gasteiger partial charge in [0.1, 0.15) is 0 Å². The Hall–Kier alpha value is -3.06. The van der Waals surface area contributed by atoms with Gasteiger partial charge in [0.05, 0.1) is 17.1 Å². The largest absolute Gasteiger partial charge is 0.369 e. The normalized spacial score (nSPS) is 14.6. The summed E-state index contributed by atoms with van der Waals surface area (Å²) in [5, 5.41) is 0.716. The number of thioether (sulfide) groups is 1. The SMILES string of the molecule is NC(=O)C1CCN(C(=O)CSc2nc(-c3ccccc3)c(-c3ccccc3)[nH]2)CC1. The third kappa shape index (κ3) is 4.57. The van der Waals surface area contributed by atoms with E-state index in [1.54, 1.807) is 0 Å². The molecule has 30 heavy (non-hydrogen) atoms. The lowest BCUT2D eigenvalue weighted by molar-refractivity contribution is -0.132. The van der Waals surface area contributed by atoms with Gasteiger partial charge in [-0.1, -0.05) is 72.4 Å². The molecule has 0 unspecified atom stereocenters. The first-order valence-corrected chi connectivity index (χ1v) is 11.0. The molecule has 4 rings (SSSR count). The number of piperidine rings is 1. The van der Waals surface area contributed by atoms with Crippen LogP contribution < -0.4 is 5.73 Å². The Morgan fingerprint density at radius 1 is 1.00 bits per heavy atom. The van der Waals surface area contributed by atoms with E-state index in [1.807, 2.05) is 65.6 Å². The van der Waals surface area contributed by atoms with Crippen molar-refractivity contribution in [2.24, 2.45) is 11.7 Å². The van der Waals surface area contributed by atoms with Crippen molar-refractivity contribution < 1.29 is 9.59 Å². The molecule has 6 nitrogen and oxygen atoms in total. The van der Waals surface area contributed by atoms with Crippen molar-refractivity contribution in [3.63, 3.8) is 0 Å². The predicted molar refractivity (Wildman–Crippen MR) is 119 cm³/mol. The first-order chi connectivity index (χ1) is 14.6. The Bertz CT molecular complexity index is 955. The second-order valence-corrected chi connectivity index (χ2v) is 8.31. The number of amides is 2. The number of aromatic nitrogens is 2. The average molecular weight is 421 g/mol. The molecule has 1 saturated heterocycles. The molecular formula is C23H24N4O2S. The minimum Gasteiger partial charge on any atom is -0.369 e. The summed E-state index contributed by atoms with van der Waals surface area (Å²) in [5.41, 5.74) is 9.27. The van der Waals surface area contributed by atoms with Gasteiger partial charge >= 0.3 is 0 Å². The fourth-order valence-corrected chi connectivity index (χ4v) is 4.45. The van der Waals surface area contributed by atoms with Crippen molar-refractivity contribution in [3.05, 3.63) is 60.7 Å². The highest BCUT2D eigenvalue weighted by Crippen LogP contribution is 2.32. The van der Waals surface area contributed by atoms with Gasteiger partial charge in [-0.05, 0) is 12.8 Å². The second kappa shape index (κ2) is 9.17. The molecule has 0 atom stereocenters. The van der Waals surface area contributed by atoms with Crippen molar-refractivity contribution in [2.45, 2.75) is 18.0 Å².